The Morgan fingerprint density at radius 3 is 2.86 bits per heavy atom. The first-order chi connectivity index (χ1) is 13.5. The molecule has 2 saturated heterocycles. The maximum absolute atomic E-state index is 13.4. The Balaban J connectivity index is 1.66. The van der Waals surface area contributed by atoms with Crippen molar-refractivity contribution < 1.29 is 14.3 Å². The largest absolute Gasteiger partial charge is 0.383 e. The van der Waals surface area contributed by atoms with Gasteiger partial charge in [0.25, 0.3) is 5.91 Å². The van der Waals surface area contributed by atoms with Crippen molar-refractivity contribution in [3.8, 4) is 0 Å². The van der Waals surface area contributed by atoms with Crippen LogP contribution >= 0.6 is 0 Å². The molecule has 2 aliphatic rings. The highest BCUT2D eigenvalue weighted by molar-refractivity contribution is 5.95. The van der Waals surface area contributed by atoms with E-state index in [-0.39, 0.29) is 17.7 Å². The second-order valence-corrected chi connectivity index (χ2v) is 7.73. The summed E-state index contributed by atoms with van der Waals surface area (Å²) in [6.45, 7) is 2.64. The molecule has 2 atom stereocenters. The zero-order valence-corrected chi connectivity index (χ0v) is 16.5. The lowest BCUT2D eigenvalue weighted by molar-refractivity contribution is -0.136. The third kappa shape index (κ3) is 2.90. The number of imidazole rings is 1. The van der Waals surface area contributed by atoms with E-state index < -0.39 is 5.41 Å². The first-order valence-corrected chi connectivity index (χ1v) is 9.50. The van der Waals surface area contributed by atoms with E-state index >= 15 is 0 Å². The smallest absolute Gasteiger partial charge is 0.272 e. The Bertz CT molecular complexity index is 890. The molecule has 150 valence electrons. The zero-order chi connectivity index (χ0) is 19.9. The minimum absolute atomic E-state index is 0.0963. The molecule has 28 heavy (non-hydrogen) atoms. The zero-order valence-electron chi connectivity index (χ0n) is 16.5. The van der Waals surface area contributed by atoms with Crippen LogP contribution in [0.25, 0.3) is 0 Å². The van der Waals surface area contributed by atoms with Crippen LogP contribution in [0.5, 0.6) is 0 Å². The van der Waals surface area contributed by atoms with Crippen LogP contribution in [0.15, 0.2) is 24.8 Å². The maximum atomic E-state index is 13.4. The number of hydrogen-bond acceptors (Lipinski definition) is 5. The fraction of sp³-hybridized carbons (Fsp3) is 0.579. The fourth-order valence-corrected chi connectivity index (χ4v) is 4.54. The molecular formula is C19H26N6O3. The number of methoxy groups -OCH3 is 1. The van der Waals surface area contributed by atoms with Crippen LogP contribution in [0.1, 0.15) is 28.5 Å². The van der Waals surface area contributed by atoms with E-state index in [0.29, 0.717) is 44.9 Å². The van der Waals surface area contributed by atoms with Gasteiger partial charge in [-0.25, -0.2) is 4.98 Å². The molecule has 0 N–H and O–H groups in total. The Morgan fingerprint density at radius 1 is 1.39 bits per heavy atom. The number of hydrogen-bond donors (Lipinski definition) is 0. The molecule has 2 aromatic rings. The summed E-state index contributed by atoms with van der Waals surface area (Å²) in [5.74, 6) is -0.118. The van der Waals surface area contributed by atoms with Crippen LogP contribution in [0, 0.1) is 5.41 Å². The van der Waals surface area contributed by atoms with Gasteiger partial charge in [0.05, 0.1) is 24.0 Å². The molecule has 4 heterocycles. The number of rotatable bonds is 5. The molecule has 2 aromatic heterocycles. The highest BCUT2D eigenvalue weighted by atomic mass is 16.5. The predicted molar refractivity (Wildman–Crippen MR) is 101 cm³/mol. The van der Waals surface area contributed by atoms with Gasteiger partial charge in [-0.1, -0.05) is 0 Å². The monoisotopic (exact) mass is 386 g/mol. The van der Waals surface area contributed by atoms with Gasteiger partial charge in [-0.15, -0.1) is 0 Å². The van der Waals surface area contributed by atoms with Crippen molar-refractivity contribution in [3.63, 3.8) is 0 Å². The standard InChI is InChI=1S/C19H26N6O3/c1-22-11-15(20-13-22)14-10-25(17(26)16-4-6-21-23(16)2)12-19(14)5-7-24(18(19)27)8-9-28-3/h4,6,11,13-14H,5,7-10,12H2,1-3H3/t14-,19-/m1/s1. The van der Waals surface area contributed by atoms with Crippen LogP contribution in [-0.4, -0.2) is 80.8 Å². The van der Waals surface area contributed by atoms with Gasteiger partial charge in [0, 0.05) is 65.7 Å². The van der Waals surface area contributed by atoms with E-state index in [1.165, 1.54) is 0 Å². The minimum atomic E-state index is -0.629. The average Bonchev–Trinajstić information content (AvgIpc) is 3.43. The number of aromatic nitrogens is 4. The molecule has 0 aliphatic carbocycles. The van der Waals surface area contributed by atoms with Crippen molar-refractivity contribution in [2.75, 3.05) is 39.9 Å². The average molecular weight is 386 g/mol. The van der Waals surface area contributed by atoms with Gasteiger partial charge in [-0.3, -0.25) is 14.3 Å². The topological polar surface area (TPSA) is 85.5 Å². The maximum Gasteiger partial charge on any atom is 0.272 e. The molecule has 2 fully saturated rings. The summed E-state index contributed by atoms with van der Waals surface area (Å²) in [5, 5.41) is 4.10. The number of aryl methyl sites for hydroxylation is 2. The Morgan fingerprint density at radius 2 is 2.21 bits per heavy atom. The van der Waals surface area contributed by atoms with Gasteiger partial charge in [0.1, 0.15) is 5.69 Å². The molecule has 4 rings (SSSR count). The van der Waals surface area contributed by atoms with Crippen LogP contribution < -0.4 is 0 Å². The lowest BCUT2D eigenvalue weighted by atomic mass is 9.75. The fourth-order valence-electron chi connectivity index (χ4n) is 4.54. The van der Waals surface area contributed by atoms with E-state index in [2.05, 4.69) is 10.1 Å². The summed E-state index contributed by atoms with van der Waals surface area (Å²) < 4.78 is 8.62. The summed E-state index contributed by atoms with van der Waals surface area (Å²) >= 11 is 0. The first kappa shape index (κ1) is 18.7. The van der Waals surface area contributed by atoms with Crippen molar-refractivity contribution in [1.29, 1.82) is 0 Å². The Labute approximate surface area is 163 Å². The molecule has 0 bridgehead atoms. The Hall–Kier alpha value is -2.68. The SMILES string of the molecule is COCCN1CC[C@]2(CN(C(=O)c3ccnn3C)C[C@@H]2c2cn(C)cn2)C1=O. The summed E-state index contributed by atoms with van der Waals surface area (Å²) in [5.41, 5.74) is 0.763. The second-order valence-electron chi connectivity index (χ2n) is 7.73. The van der Waals surface area contributed by atoms with Crippen LogP contribution in [0.2, 0.25) is 0 Å². The number of carbonyl (C=O) groups is 2. The molecule has 0 radical (unpaired) electrons. The first-order valence-electron chi connectivity index (χ1n) is 9.50. The van der Waals surface area contributed by atoms with Crippen LogP contribution in [0.3, 0.4) is 0 Å². The van der Waals surface area contributed by atoms with E-state index in [0.717, 1.165) is 5.69 Å². The molecule has 0 unspecified atom stereocenters. The number of likely N-dealkylation sites (tertiary alicyclic amines) is 2. The molecular weight excluding hydrogens is 360 g/mol. The van der Waals surface area contributed by atoms with Crippen LogP contribution in [-0.2, 0) is 23.6 Å². The van der Waals surface area contributed by atoms with Crippen molar-refractivity contribution in [3.05, 3.63) is 36.2 Å². The normalized spacial score (nSPS) is 24.7. The van der Waals surface area contributed by atoms with Crippen molar-refractivity contribution in [2.24, 2.45) is 19.5 Å². The lowest BCUT2D eigenvalue weighted by Gasteiger charge is -2.27. The summed E-state index contributed by atoms with van der Waals surface area (Å²) in [4.78, 5) is 34.7. The third-order valence-corrected chi connectivity index (χ3v) is 6.06. The van der Waals surface area contributed by atoms with Crippen molar-refractivity contribution in [2.45, 2.75) is 12.3 Å². The molecule has 0 aromatic carbocycles. The highest BCUT2D eigenvalue weighted by Crippen LogP contribution is 2.49. The number of ether oxygens (including phenoxy) is 1. The molecule has 1 spiro atoms. The summed E-state index contributed by atoms with van der Waals surface area (Å²) in [6.07, 6.45) is 6.03. The second kappa shape index (κ2) is 7.05. The van der Waals surface area contributed by atoms with E-state index in [4.69, 9.17) is 4.74 Å². The van der Waals surface area contributed by atoms with Gasteiger partial charge < -0.3 is 19.1 Å². The minimum Gasteiger partial charge on any atom is -0.383 e. The van der Waals surface area contributed by atoms with E-state index in [1.807, 2.05) is 22.7 Å². The quantitative estimate of drug-likeness (QED) is 0.736. The highest BCUT2D eigenvalue weighted by Gasteiger charge is 2.58. The van der Waals surface area contributed by atoms with E-state index in [1.54, 1.807) is 42.3 Å². The van der Waals surface area contributed by atoms with Gasteiger partial charge in [-0.05, 0) is 12.5 Å². The predicted octanol–water partition coefficient (Wildman–Crippen LogP) is 0.258. The molecule has 0 saturated carbocycles. The third-order valence-electron chi connectivity index (χ3n) is 6.06. The molecule has 2 amide bonds. The molecule has 2 aliphatic heterocycles. The summed E-state index contributed by atoms with van der Waals surface area (Å²) in [7, 11) is 5.30. The molecule has 9 heteroatoms. The Kier molecular flexibility index (Phi) is 4.70. The van der Waals surface area contributed by atoms with Crippen molar-refractivity contribution in [1.82, 2.24) is 29.1 Å². The van der Waals surface area contributed by atoms with Crippen molar-refractivity contribution >= 4 is 11.8 Å². The van der Waals surface area contributed by atoms with Crippen LogP contribution in [0.4, 0.5) is 0 Å². The van der Waals surface area contributed by atoms with Gasteiger partial charge >= 0.3 is 0 Å². The van der Waals surface area contributed by atoms with Gasteiger partial charge in [-0.2, -0.15) is 5.10 Å². The number of nitrogens with zero attached hydrogens (tertiary/aromatic N) is 6. The summed E-state index contributed by atoms with van der Waals surface area (Å²) in [6, 6.07) is 1.71. The number of amides is 2. The van der Waals surface area contributed by atoms with E-state index in [9.17, 15) is 9.59 Å². The number of carbonyl (C=O) groups excluding carboxylic acids is 2. The molecule has 9 nitrogen and oxygen atoms in total. The van der Waals surface area contributed by atoms with Gasteiger partial charge in [0.15, 0.2) is 0 Å². The van der Waals surface area contributed by atoms with Gasteiger partial charge in [0.2, 0.25) is 5.91 Å². The lowest BCUT2D eigenvalue weighted by Crippen LogP contribution is -2.41.